The molecule has 0 aliphatic carbocycles. The third-order valence-corrected chi connectivity index (χ3v) is 4.47. The Morgan fingerprint density at radius 3 is 2.50 bits per heavy atom. The Morgan fingerprint density at radius 1 is 1.39 bits per heavy atom. The Hall–Kier alpha value is -1.60. The number of oxime groups is 1. The molecule has 0 saturated carbocycles. The molecule has 100 valence electrons. The maximum atomic E-state index is 12.2. The van der Waals surface area contributed by atoms with Crippen LogP contribution in [0.15, 0.2) is 40.4 Å². The molecule has 0 aromatic heterocycles. The molecule has 1 aromatic carbocycles. The molecular formula is C11H17N3O3S. The Bertz CT molecular complexity index is 500. The van der Waals surface area contributed by atoms with Crippen molar-refractivity contribution in [2.75, 3.05) is 13.1 Å². The van der Waals surface area contributed by atoms with E-state index in [0.717, 1.165) is 0 Å². The van der Waals surface area contributed by atoms with Gasteiger partial charge in [0.15, 0.2) is 0 Å². The fourth-order valence-electron chi connectivity index (χ4n) is 1.48. The van der Waals surface area contributed by atoms with Gasteiger partial charge in [-0.1, -0.05) is 30.3 Å². The van der Waals surface area contributed by atoms with Gasteiger partial charge in [-0.25, -0.2) is 8.42 Å². The predicted octanol–water partition coefficient (Wildman–Crippen LogP) is 0.834. The number of amidine groups is 1. The summed E-state index contributed by atoms with van der Waals surface area (Å²) in [6.45, 7) is 2.26. The third-order valence-electron chi connectivity index (χ3n) is 2.48. The standard InChI is InChI=1S/C11H17N3O3S/c1-2-14(9-8-11(12)13-15)18(16,17)10-6-4-3-5-7-10/h3-7,15H,2,8-9H2,1H3,(H2,12,13). The van der Waals surface area contributed by atoms with E-state index in [-0.39, 0.29) is 23.7 Å². The first-order valence-electron chi connectivity index (χ1n) is 5.54. The van der Waals surface area contributed by atoms with Crippen LogP contribution in [0.4, 0.5) is 0 Å². The highest BCUT2D eigenvalue weighted by atomic mass is 32.2. The molecule has 1 aromatic rings. The summed E-state index contributed by atoms with van der Waals surface area (Å²) < 4.78 is 25.8. The van der Waals surface area contributed by atoms with Crippen LogP contribution < -0.4 is 5.73 Å². The summed E-state index contributed by atoms with van der Waals surface area (Å²) in [4.78, 5) is 0.242. The number of hydrogen-bond donors (Lipinski definition) is 2. The molecule has 0 bridgehead atoms. The van der Waals surface area contributed by atoms with Crippen molar-refractivity contribution in [3.8, 4) is 0 Å². The van der Waals surface area contributed by atoms with Crippen LogP contribution in [0.5, 0.6) is 0 Å². The second kappa shape index (κ2) is 6.36. The lowest BCUT2D eigenvalue weighted by Gasteiger charge is -2.20. The lowest BCUT2D eigenvalue weighted by molar-refractivity contribution is 0.315. The summed E-state index contributed by atoms with van der Waals surface area (Å²) in [6, 6.07) is 8.18. The highest BCUT2D eigenvalue weighted by Crippen LogP contribution is 2.14. The first-order chi connectivity index (χ1) is 8.52. The van der Waals surface area contributed by atoms with E-state index in [4.69, 9.17) is 10.9 Å². The quantitative estimate of drug-likeness (QED) is 0.347. The number of benzene rings is 1. The van der Waals surface area contributed by atoms with Crippen molar-refractivity contribution in [1.29, 1.82) is 0 Å². The summed E-state index contributed by atoms with van der Waals surface area (Å²) in [7, 11) is -3.51. The van der Waals surface area contributed by atoms with Gasteiger partial charge in [-0.05, 0) is 12.1 Å². The third kappa shape index (κ3) is 3.44. The molecule has 0 radical (unpaired) electrons. The lowest BCUT2D eigenvalue weighted by Crippen LogP contribution is -2.33. The number of hydrogen-bond acceptors (Lipinski definition) is 4. The summed E-state index contributed by atoms with van der Waals surface area (Å²) in [5.41, 5.74) is 5.34. The second-order valence-electron chi connectivity index (χ2n) is 3.65. The van der Waals surface area contributed by atoms with Gasteiger partial charge >= 0.3 is 0 Å². The van der Waals surface area contributed by atoms with Crippen molar-refractivity contribution in [2.24, 2.45) is 10.9 Å². The fourth-order valence-corrected chi connectivity index (χ4v) is 2.95. The number of nitrogens with zero attached hydrogens (tertiary/aromatic N) is 2. The van der Waals surface area contributed by atoms with E-state index in [9.17, 15) is 8.42 Å². The van der Waals surface area contributed by atoms with Crippen molar-refractivity contribution < 1.29 is 13.6 Å². The number of nitrogens with two attached hydrogens (primary N) is 1. The van der Waals surface area contributed by atoms with Crippen molar-refractivity contribution >= 4 is 15.9 Å². The summed E-state index contributed by atoms with van der Waals surface area (Å²) in [5, 5.41) is 11.3. The van der Waals surface area contributed by atoms with Crippen LogP contribution in [0.2, 0.25) is 0 Å². The van der Waals surface area contributed by atoms with Crippen molar-refractivity contribution in [2.45, 2.75) is 18.2 Å². The molecule has 0 aliphatic heterocycles. The van der Waals surface area contributed by atoms with E-state index < -0.39 is 10.0 Å². The SMILES string of the molecule is CCN(CCC(N)=NO)S(=O)(=O)c1ccccc1. The summed E-state index contributed by atoms with van der Waals surface area (Å²) in [6.07, 6.45) is 0.191. The first-order valence-corrected chi connectivity index (χ1v) is 6.98. The van der Waals surface area contributed by atoms with E-state index in [0.29, 0.717) is 6.54 Å². The van der Waals surface area contributed by atoms with Gasteiger partial charge < -0.3 is 10.9 Å². The van der Waals surface area contributed by atoms with E-state index in [2.05, 4.69) is 5.16 Å². The molecule has 7 heteroatoms. The largest absolute Gasteiger partial charge is 0.409 e. The van der Waals surface area contributed by atoms with E-state index in [1.54, 1.807) is 37.3 Å². The van der Waals surface area contributed by atoms with Gasteiger partial charge in [0.25, 0.3) is 0 Å². The smallest absolute Gasteiger partial charge is 0.243 e. The Kier molecular flexibility index (Phi) is 5.11. The van der Waals surface area contributed by atoms with E-state index in [1.165, 1.54) is 4.31 Å². The van der Waals surface area contributed by atoms with Crippen LogP contribution in [0, 0.1) is 0 Å². The summed E-state index contributed by atoms with van der Waals surface area (Å²) >= 11 is 0. The zero-order valence-electron chi connectivity index (χ0n) is 10.2. The van der Waals surface area contributed by atoms with Gasteiger partial charge in [-0.15, -0.1) is 0 Å². The van der Waals surface area contributed by atoms with Gasteiger partial charge in [0.2, 0.25) is 10.0 Å². The number of sulfonamides is 1. The maximum absolute atomic E-state index is 12.2. The molecule has 0 atom stereocenters. The molecule has 0 unspecified atom stereocenters. The molecule has 0 saturated heterocycles. The molecule has 3 N–H and O–H groups in total. The highest BCUT2D eigenvalue weighted by Gasteiger charge is 2.22. The van der Waals surface area contributed by atoms with Crippen LogP contribution in [0.3, 0.4) is 0 Å². The van der Waals surface area contributed by atoms with Gasteiger partial charge in [0.1, 0.15) is 5.84 Å². The molecule has 18 heavy (non-hydrogen) atoms. The molecule has 0 fully saturated rings. The van der Waals surface area contributed by atoms with Gasteiger partial charge in [0.05, 0.1) is 4.90 Å². The Labute approximate surface area is 107 Å². The van der Waals surface area contributed by atoms with E-state index in [1.807, 2.05) is 0 Å². The van der Waals surface area contributed by atoms with Crippen molar-refractivity contribution in [3.63, 3.8) is 0 Å². The van der Waals surface area contributed by atoms with Crippen LogP contribution in [-0.4, -0.2) is 36.9 Å². The Morgan fingerprint density at radius 2 is 2.00 bits per heavy atom. The van der Waals surface area contributed by atoms with Crippen molar-refractivity contribution in [1.82, 2.24) is 4.31 Å². The monoisotopic (exact) mass is 271 g/mol. The fraction of sp³-hybridized carbons (Fsp3) is 0.364. The van der Waals surface area contributed by atoms with Crippen molar-refractivity contribution in [3.05, 3.63) is 30.3 Å². The molecule has 0 amide bonds. The van der Waals surface area contributed by atoms with Crippen LogP contribution in [0.1, 0.15) is 13.3 Å². The van der Waals surface area contributed by atoms with E-state index >= 15 is 0 Å². The minimum Gasteiger partial charge on any atom is -0.409 e. The van der Waals surface area contributed by atoms with Crippen LogP contribution in [-0.2, 0) is 10.0 Å². The minimum atomic E-state index is -3.51. The highest BCUT2D eigenvalue weighted by molar-refractivity contribution is 7.89. The molecule has 6 nitrogen and oxygen atoms in total. The normalized spacial score (nSPS) is 12.9. The minimum absolute atomic E-state index is 0.0108. The molecule has 0 spiro atoms. The zero-order valence-corrected chi connectivity index (χ0v) is 11.0. The maximum Gasteiger partial charge on any atom is 0.243 e. The van der Waals surface area contributed by atoms with Gasteiger partial charge in [0, 0.05) is 19.5 Å². The molecule has 0 aliphatic rings. The van der Waals surface area contributed by atoms with Crippen LogP contribution in [0.25, 0.3) is 0 Å². The molecular weight excluding hydrogens is 254 g/mol. The number of rotatable bonds is 6. The average Bonchev–Trinajstić information content (AvgIpc) is 2.39. The lowest BCUT2D eigenvalue weighted by atomic mass is 10.4. The zero-order chi connectivity index (χ0) is 13.6. The predicted molar refractivity (Wildman–Crippen MR) is 68.9 cm³/mol. The van der Waals surface area contributed by atoms with Crippen LogP contribution >= 0.6 is 0 Å². The second-order valence-corrected chi connectivity index (χ2v) is 5.59. The topological polar surface area (TPSA) is 96.0 Å². The Balaban J connectivity index is 2.88. The van der Waals surface area contributed by atoms with Gasteiger partial charge in [-0.3, -0.25) is 0 Å². The first kappa shape index (κ1) is 14.5. The molecule has 0 heterocycles. The molecule has 1 rings (SSSR count). The van der Waals surface area contributed by atoms with Gasteiger partial charge in [-0.2, -0.15) is 4.31 Å². The average molecular weight is 271 g/mol. The summed E-state index contributed by atoms with van der Waals surface area (Å²) in [5.74, 6) is 0.0108.